The van der Waals surface area contributed by atoms with Crippen LogP contribution in [0.1, 0.15) is 15.9 Å². The van der Waals surface area contributed by atoms with Crippen LogP contribution in [-0.2, 0) is 4.74 Å². The summed E-state index contributed by atoms with van der Waals surface area (Å²) in [5.74, 6) is 0.260. The van der Waals surface area contributed by atoms with Crippen LogP contribution in [0.4, 0.5) is 5.69 Å². The number of guanidine groups is 1. The summed E-state index contributed by atoms with van der Waals surface area (Å²) in [6, 6.07) is 15.2. The average Bonchev–Trinajstić information content (AvgIpc) is 2.71. The van der Waals surface area contributed by atoms with E-state index in [2.05, 4.69) is 36.5 Å². The van der Waals surface area contributed by atoms with Gasteiger partial charge >= 0.3 is 0 Å². The highest BCUT2D eigenvalue weighted by molar-refractivity contribution is 9.10. The summed E-state index contributed by atoms with van der Waals surface area (Å²) in [6.45, 7) is 6.77. The Morgan fingerprint density at radius 2 is 1.79 bits per heavy atom. The third-order valence-corrected chi connectivity index (χ3v) is 4.97. The first-order chi connectivity index (χ1) is 13.6. The fraction of sp³-hybridized carbons (Fsp3) is 0.333. The number of anilines is 1. The summed E-state index contributed by atoms with van der Waals surface area (Å²) >= 11 is 3.43. The Hall–Kier alpha value is -2.22. The first-order valence-corrected chi connectivity index (χ1v) is 10.1. The zero-order valence-electron chi connectivity index (χ0n) is 16.0. The topological polar surface area (TPSA) is 66.0 Å². The highest BCUT2D eigenvalue weighted by Gasteiger charge is 2.11. The quantitative estimate of drug-likeness (QED) is 0.548. The maximum atomic E-state index is 12.6. The van der Waals surface area contributed by atoms with Crippen LogP contribution in [0.3, 0.4) is 0 Å². The minimum Gasteiger partial charge on any atom is -0.379 e. The number of halogens is 1. The van der Waals surface area contributed by atoms with Gasteiger partial charge in [0.15, 0.2) is 0 Å². The summed E-state index contributed by atoms with van der Waals surface area (Å²) in [6.07, 6.45) is 0. The summed E-state index contributed by atoms with van der Waals surface area (Å²) < 4.78 is 6.37. The number of aliphatic imine (C=N–C) groups is 1. The number of morpholine rings is 1. The molecular weight excluding hydrogens is 420 g/mol. The number of amides is 1. The Morgan fingerprint density at radius 3 is 2.46 bits per heavy atom. The number of nitrogens with zero attached hydrogens (tertiary/aromatic N) is 2. The summed E-state index contributed by atoms with van der Waals surface area (Å²) in [4.78, 5) is 19.5. The minimum absolute atomic E-state index is 0.185. The molecule has 2 N–H and O–H groups in total. The largest absolute Gasteiger partial charge is 0.379 e. The third kappa shape index (κ3) is 6.44. The predicted molar refractivity (Wildman–Crippen MR) is 116 cm³/mol. The number of rotatable bonds is 5. The Labute approximate surface area is 174 Å². The highest BCUT2D eigenvalue weighted by atomic mass is 79.9. The average molecular weight is 445 g/mol. The maximum absolute atomic E-state index is 12.6. The molecule has 0 bridgehead atoms. The molecule has 1 heterocycles. The molecule has 7 heteroatoms. The SMILES string of the molecule is Cc1ccc(C(=O)NC(=NCCN2CCOCC2)Nc2ccc(Br)cc2)cc1. The monoisotopic (exact) mass is 444 g/mol. The molecule has 1 aliphatic rings. The van der Waals surface area contributed by atoms with Crippen LogP contribution in [0.5, 0.6) is 0 Å². The molecule has 0 radical (unpaired) electrons. The molecule has 28 heavy (non-hydrogen) atoms. The number of carbonyl (C=O) groups excluding carboxylic acids is 1. The molecule has 1 aliphatic heterocycles. The number of ether oxygens (including phenoxy) is 1. The van der Waals surface area contributed by atoms with E-state index in [0.29, 0.717) is 18.1 Å². The second kappa shape index (κ2) is 10.4. The summed E-state index contributed by atoms with van der Waals surface area (Å²) in [5.41, 5.74) is 2.57. The first-order valence-electron chi connectivity index (χ1n) is 9.35. The van der Waals surface area contributed by atoms with Crippen molar-refractivity contribution in [2.45, 2.75) is 6.92 Å². The van der Waals surface area contributed by atoms with Crippen molar-refractivity contribution >= 4 is 33.5 Å². The lowest BCUT2D eigenvalue weighted by atomic mass is 10.1. The van der Waals surface area contributed by atoms with Crippen molar-refractivity contribution in [2.24, 2.45) is 4.99 Å². The van der Waals surface area contributed by atoms with Crippen molar-refractivity contribution in [3.8, 4) is 0 Å². The van der Waals surface area contributed by atoms with Gasteiger partial charge in [0.05, 0.1) is 19.8 Å². The number of carbonyl (C=O) groups is 1. The highest BCUT2D eigenvalue weighted by Crippen LogP contribution is 2.14. The molecule has 2 aromatic carbocycles. The van der Waals surface area contributed by atoms with Gasteiger partial charge in [-0.15, -0.1) is 0 Å². The Bertz CT molecular complexity index is 800. The van der Waals surface area contributed by atoms with Crippen LogP contribution in [0.2, 0.25) is 0 Å². The molecule has 1 fully saturated rings. The predicted octanol–water partition coefficient (Wildman–Crippen LogP) is 3.29. The van der Waals surface area contributed by atoms with Gasteiger partial charge in [0, 0.05) is 35.4 Å². The zero-order chi connectivity index (χ0) is 19.8. The van der Waals surface area contributed by atoms with Crippen molar-refractivity contribution in [3.05, 3.63) is 64.1 Å². The van der Waals surface area contributed by atoms with E-state index < -0.39 is 0 Å². The fourth-order valence-electron chi connectivity index (χ4n) is 2.79. The van der Waals surface area contributed by atoms with E-state index >= 15 is 0 Å². The normalized spacial score (nSPS) is 15.3. The molecule has 148 valence electrons. The van der Waals surface area contributed by atoms with Crippen molar-refractivity contribution in [1.29, 1.82) is 0 Å². The van der Waals surface area contributed by atoms with E-state index in [9.17, 15) is 4.79 Å². The third-order valence-electron chi connectivity index (χ3n) is 4.44. The number of hydrogen-bond donors (Lipinski definition) is 2. The Kier molecular flexibility index (Phi) is 7.59. The molecular formula is C21H25BrN4O2. The van der Waals surface area contributed by atoms with E-state index in [1.807, 2.05) is 55.5 Å². The van der Waals surface area contributed by atoms with Crippen molar-refractivity contribution in [3.63, 3.8) is 0 Å². The lowest BCUT2D eigenvalue weighted by molar-refractivity contribution is 0.0394. The maximum Gasteiger partial charge on any atom is 0.257 e. The molecule has 3 rings (SSSR count). The van der Waals surface area contributed by atoms with Gasteiger partial charge in [0.2, 0.25) is 5.96 Å². The lowest BCUT2D eigenvalue weighted by Gasteiger charge is -2.25. The van der Waals surface area contributed by atoms with Crippen molar-refractivity contribution < 1.29 is 9.53 Å². The van der Waals surface area contributed by atoms with Crippen LogP contribution in [0.25, 0.3) is 0 Å². The van der Waals surface area contributed by atoms with Gasteiger partial charge in [-0.05, 0) is 43.3 Å². The van der Waals surface area contributed by atoms with Gasteiger partial charge in [-0.2, -0.15) is 0 Å². The Morgan fingerprint density at radius 1 is 1.11 bits per heavy atom. The summed E-state index contributed by atoms with van der Waals surface area (Å²) in [7, 11) is 0. The van der Waals surface area contributed by atoms with Crippen LogP contribution < -0.4 is 10.6 Å². The second-order valence-electron chi connectivity index (χ2n) is 6.64. The van der Waals surface area contributed by atoms with E-state index in [0.717, 1.165) is 48.6 Å². The molecule has 0 saturated carbocycles. The fourth-order valence-corrected chi connectivity index (χ4v) is 3.06. The second-order valence-corrected chi connectivity index (χ2v) is 7.55. The van der Waals surface area contributed by atoms with Gasteiger partial charge in [0.1, 0.15) is 0 Å². The molecule has 0 aliphatic carbocycles. The number of aryl methyl sites for hydroxylation is 1. The van der Waals surface area contributed by atoms with E-state index in [-0.39, 0.29) is 5.91 Å². The molecule has 0 aromatic heterocycles. The smallest absolute Gasteiger partial charge is 0.257 e. The van der Waals surface area contributed by atoms with Gasteiger partial charge in [-0.3, -0.25) is 20.0 Å². The Balaban J connectivity index is 1.67. The van der Waals surface area contributed by atoms with Gasteiger partial charge < -0.3 is 10.1 Å². The van der Waals surface area contributed by atoms with Gasteiger partial charge in [-0.1, -0.05) is 33.6 Å². The lowest BCUT2D eigenvalue weighted by Crippen LogP contribution is -2.39. The van der Waals surface area contributed by atoms with Crippen LogP contribution in [0, 0.1) is 6.92 Å². The number of benzene rings is 2. The number of nitrogens with one attached hydrogen (secondary N) is 2. The van der Waals surface area contributed by atoms with E-state index in [4.69, 9.17) is 4.74 Å². The molecule has 1 amide bonds. The minimum atomic E-state index is -0.185. The van der Waals surface area contributed by atoms with E-state index in [1.54, 1.807) is 0 Å². The van der Waals surface area contributed by atoms with Crippen molar-refractivity contribution in [2.75, 3.05) is 44.7 Å². The molecule has 6 nitrogen and oxygen atoms in total. The summed E-state index contributed by atoms with van der Waals surface area (Å²) in [5, 5.41) is 6.11. The van der Waals surface area contributed by atoms with Crippen LogP contribution >= 0.6 is 15.9 Å². The van der Waals surface area contributed by atoms with Crippen LogP contribution in [-0.4, -0.2) is 56.2 Å². The molecule has 0 unspecified atom stereocenters. The molecule has 2 aromatic rings. The zero-order valence-corrected chi connectivity index (χ0v) is 17.5. The molecule has 0 atom stereocenters. The molecule has 0 spiro atoms. The van der Waals surface area contributed by atoms with Gasteiger partial charge in [-0.25, -0.2) is 0 Å². The van der Waals surface area contributed by atoms with Gasteiger partial charge in [0.25, 0.3) is 5.91 Å². The standard InChI is InChI=1S/C21H25BrN4O2/c1-16-2-4-17(5-3-16)20(27)25-21(24-19-8-6-18(22)7-9-19)23-10-11-26-12-14-28-15-13-26/h2-9H,10-15H2,1H3,(H2,23,24,25,27). The van der Waals surface area contributed by atoms with E-state index in [1.165, 1.54) is 0 Å². The van der Waals surface area contributed by atoms with Crippen molar-refractivity contribution in [1.82, 2.24) is 10.2 Å². The van der Waals surface area contributed by atoms with Crippen LogP contribution in [0.15, 0.2) is 58.0 Å². The number of hydrogen-bond acceptors (Lipinski definition) is 4. The first kappa shape index (κ1) is 20.5. The molecule has 1 saturated heterocycles.